The summed E-state index contributed by atoms with van der Waals surface area (Å²) in [4.78, 5) is 11.3. The van der Waals surface area contributed by atoms with Crippen LogP contribution in [0.4, 0.5) is 4.39 Å². The molecule has 0 aliphatic carbocycles. The highest BCUT2D eigenvalue weighted by Crippen LogP contribution is 2.29. The van der Waals surface area contributed by atoms with Gasteiger partial charge in [0, 0.05) is 17.0 Å². The van der Waals surface area contributed by atoms with E-state index in [2.05, 4.69) is 5.32 Å². The highest BCUT2D eigenvalue weighted by molar-refractivity contribution is 6.30. The van der Waals surface area contributed by atoms with Crippen molar-refractivity contribution in [1.29, 1.82) is 0 Å². The van der Waals surface area contributed by atoms with E-state index in [0.717, 1.165) is 12.8 Å². The van der Waals surface area contributed by atoms with Gasteiger partial charge in [-0.2, -0.15) is 0 Å². The lowest BCUT2D eigenvalue weighted by Crippen LogP contribution is -2.43. The Morgan fingerprint density at radius 1 is 1.53 bits per heavy atom. The maximum Gasteiger partial charge on any atom is 0.220 e. The van der Waals surface area contributed by atoms with Crippen molar-refractivity contribution < 1.29 is 9.18 Å². The molecule has 1 aromatic rings. The fourth-order valence-corrected chi connectivity index (χ4v) is 2.53. The Bertz CT molecular complexity index is 449. The zero-order chi connectivity index (χ0) is 12.5. The van der Waals surface area contributed by atoms with E-state index in [1.807, 2.05) is 6.92 Å². The second-order valence-corrected chi connectivity index (χ2v) is 5.03. The number of hydrogen-bond acceptors (Lipinski definition) is 1. The van der Waals surface area contributed by atoms with Crippen molar-refractivity contribution in [2.24, 2.45) is 0 Å². The molecular weight excluding hydrogens is 241 g/mol. The first-order chi connectivity index (χ1) is 8.04. The molecule has 2 rings (SSSR count). The second-order valence-electron chi connectivity index (χ2n) is 4.59. The van der Waals surface area contributed by atoms with Crippen LogP contribution in [0.2, 0.25) is 5.02 Å². The molecular formula is C13H15ClFNO. The summed E-state index contributed by atoms with van der Waals surface area (Å²) in [6, 6.07) is 4.54. The summed E-state index contributed by atoms with van der Waals surface area (Å²) >= 11 is 5.87. The number of carbonyl (C=O) groups is 1. The molecule has 1 unspecified atom stereocenters. The summed E-state index contributed by atoms with van der Waals surface area (Å²) in [5, 5.41) is 3.49. The molecule has 0 bridgehead atoms. The van der Waals surface area contributed by atoms with Crippen molar-refractivity contribution in [1.82, 2.24) is 5.32 Å². The summed E-state index contributed by atoms with van der Waals surface area (Å²) in [5.41, 5.74) is 0.268. The molecule has 1 aromatic carbocycles. The third-order valence-electron chi connectivity index (χ3n) is 3.45. The van der Waals surface area contributed by atoms with E-state index in [0.29, 0.717) is 23.4 Å². The Morgan fingerprint density at radius 3 is 2.88 bits per heavy atom. The molecule has 1 aliphatic rings. The first kappa shape index (κ1) is 12.4. The van der Waals surface area contributed by atoms with Gasteiger partial charge in [-0.3, -0.25) is 4.79 Å². The second kappa shape index (κ2) is 4.65. The normalized spacial score (nSPS) is 23.8. The van der Waals surface area contributed by atoms with Crippen molar-refractivity contribution in [2.75, 3.05) is 0 Å². The quantitative estimate of drug-likeness (QED) is 0.884. The van der Waals surface area contributed by atoms with Gasteiger partial charge in [-0.05, 0) is 43.0 Å². The molecule has 0 spiro atoms. The molecule has 4 heteroatoms. The monoisotopic (exact) mass is 255 g/mol. The number of carbonyl (C=O) groups excluding carboxylic acids is 1. The first-order valence-electron chi connectivity index (χ1n) is 5.79. The highest BCUT2D eigenvalue weighted by atomic mass is 35.5. The molecule has 1 atom stereocenters. The maximum absolute atomic E-state index is 13.7. The van der Waals surface area contributed by atoms with Crippen LogP contribution in [0.3, 0.4) is 0 Å². The summed E-state index contributed by atoms with van der Waals surface area (Å²) < 4.78 is 13.7. The summed E-state index contributed by atoms with van der Waals surface area (Å²) in [5.74, 6) is -0.210. The van der Waals surface area contributed by atoms with Gasteiger partial charge >= 0.3 is 0 Å². The maximum atomic E-state index is 13.7. The van der Waals surface area contributed by atoms with Gasteiger partial charge in [0.05, 0.1) is 0 Å². The molecule has 1 amide bonds. The molecule has 1 saturated heterocycles. The van der Waals surface area contributed by atoms with Gasteiger partial charge in [0.1, 0.15) is 5.82 Å². The number of halogens is 2. The van der Waals surface area contributed by atoms with E-state index >= 15 is 0 Å². The van der Waals surface area contributed by atoms with E-state index in [-0.39, 0.29) is 17.3 Å². The molecule has 1 fully saturated rings. The van der Waals surface area contributed by atoms with E-state index in [9.17, 15) is 9.18 Å². The lowest BCUT2D eigenvalue weighted by Gasteiger charge is -2.28. The summed E-state index contributed by atoms with van der Waals surface area (Å²) in [6.07, 6.45) is 2.58. The molecule has 92 valence electrons. The van der Waals surface area contributed by atoms with Crippen LogP contribution in [-0.2, 0) is 11.2 Å². The van der Waals surface area contributed by atoms with Crippen LogP contribution in [0.1, 0.15) is 31.7 Å². The molecule has 0 aromatic heterocycles. The Kier molecular flexibility index (Phi) is 3.38. The number of nitrogens with one attached hydrogen (secondary N) is 1. The minimum absolute atomic E-state index is 0.0503. The average molecular weight is 256 g/mol. The van der Waals surface area contributed by atoms with Crippen molar-refractivity contribution in [2.45, 2.75) is 38.1 Å². The predicted octanol–water partition coefficient (Wildman–Crippen LogP) is 3.08. The smallest absolute Gasteiger partial charge is 0.220 e. The van der Waals surface area contributed by atoms with Crippen LogP contribution in [-0.4, -0.2) is 11.4 Å². The van der Waals surface area contributed by atoms with Gasteiger partial charge in [0.2, 0.25) is 5.91 Å². The first-order valence-corrected chi connectivity index (χ1v) is 6.17. The van der Waals surface area contributed by atoms with Crippen LogP contribution >= 0.6 is 11.6 Å². The Hall–Kier alpha value is -1.09. The lowest BCUT2D eigenvalue weighted by molar-refractivity contribution is -0.119. The van der Waals surface area contributed by atoms with E-state index in [1.54, 1.807) is 6.07 Å². The standard InChI is InChI=1S/C13H15ClFNO/c1-2-13(6-5-12(17)16-13)8-9-7-10(14)3-4-11(9)15/h3-4,7H,2,5-6,8H2,1H3,(H,16,17). The van der Waals surface area contributed by atoms with Crippen molar-refractivity contribution in [3.63, 3.8) is 0 Å². The van der Waals surface area contributed by atoms with Gasteiger partial charge in [-0.15, -0.1) is 0 Å². The summed E-state index contributed by atoms with van der Waals surface area (Å²) in [7, 11) is 0. The molecule has 1 aliphatic heterocycles. The summed E-state index contributed by atoms with van der Waals surface area (Å²) in [6.45, 7) is 2.01. The van der Waals surface area contributed by atoms with Crippen molar-refractivity contribution in [3.8, 4) is 0 Å². The fraction of sp³-hybridized carbons (Fsp3) is 0.462. The number of rotatable bonds is 3. The topological polar surface area (TPSA) is 29.1 Å². The van der Waals surface area contributed by atoms with E-state index in [4.69, 9.17) is 11.6 Å². The van der Waals surface area contributed by atoms with Crippen molar-refractivity contribution >= 4 is 17.5 Å². The van der Waals surface area contributed by atoms with E-state index < -0.39 is 0 Å². The van der Waals surface area contributed by atoms with E-state index in [1.165, 1.54) is 12.1 Å². The average Bonchev–Trinajstić information content (AvgIpc) is 2.66. The van der Waals surface area contributed by atoms with Crippen LogP contribution in [0.5, 0.6) is 0 Å². The third kappa shape index (κ3) is 2.60. The molecule has 1 heterocycles. The molecule has 0 saturated carbocycles. The number of amides is 1. The lowest BCUT2D eigenvalue weighted by atomic mass is 9.87. The third-order valence-corrected chi connectivity index (χ3v) is 3.68. The minimum Gasteiger partial charge on any atom is -0.350 e. The minimum atomic E-state index is -0.303. The Labute approximate surface area is 105 Å². The SMILES string of the molecule is CCC1(Cc2cc(Cl)ccc2F)CCC(=O)N1. The van der Waals surface area contributed by atoms with Crippen LogP contribution in [0.15, 0.2) is 18.2 Å². The zero-order valence-corrected chi connectivity index (χ0v) is 10.5. The molecule has 17 heavy (non-hydrogen) atoms. The highest BCUT2D eigenvalue weighted by Gasteiger charge is 2.36. The van der Waals surface area contributed by atoms with Crippen LogP contribution < -0.4 is 5.32 Å². The molecule has 2 nitrogen and oxygen atoms in total. The van der Waals surface area contributed by atoms with Gasteiger partial charge in [0.15, 0.2) is 0 Å². The zero-order valence-electron chi connectivity index (χ0n) is 9.72. The predicted molar refractivity (Wildman–Crippen MR) is 65.5 cm³/mol. The molecule has 0 radical (unpaired) electrons. The van der Waals surface area contributed by atoms with Gasteiger partial charge < -0.3 is 5.32 Å². The largest absolute Gasteiger partial charge is 0.350 e. The Morgan fingerprint density at radius 2 is 2.29 bits per heavy atom. The molecule has 1 N–H and O–H groups in total. The van der Waals surface area contributed by atoms with Crippen molar-refractivity contribution in [3.05, 3.63) is 34.6 Å². The van der Waals surface area contributed by atoms with Gasteiger partial charge in [-0.25, -0.2) is 4.39 Å². The number of benzene rings is 1. The van der Waals surface area contributed by atoms with Crippen LogP contribution in [0, 0.1) is 5.82 Å². The van der Waals surface area contributed by atoms with Gasteiger partial charge in [-0.1, -0.05) is 18.5 Å². The Balaban J connectivity index is 2.24. The van der Waals surface area contributed by atoms with Gasteiger partial charge in [0.25, 0.3) is 0 Å². The van der Waals surface area contributed by atoms with Crippen LogP contribution in [0.25, 0.3) is 0 Å². The fourth-order valence-electron chi connectivity index (χ4n) is 2.34. The number of hydrogen-bond donors (Lipinski definition) is 1.